The van der Waals surface area contributed by atoms with Crippen molar-refractivity contribution in [2.45, 2.75) is 144 Å². The zero-order valence-corrected chi connectivity index (χ0v) is 25.2. The molecule has 0 aromatic rings. The molecule has 5 heteroatoms. The van der Waals surface area contributed by atoms with Crippen molar-refractivity contribution in [1.82, 2.24) is 0 Å². The van der Waals surface area contributed by atoms with Crippen molar-refractivity contribution in [3.63, 3.8) is 0 Å². The molecule has 0 amide bonds. The Morgan fingerprint density at radius 2 is 0.806 bits per heavy atom. The quantitative estimate of drug-likeness (QED) is 0.343. The third-order valence-electron chi connectivity index (χ3n) is 10.6. The van der Waals surface area contributed by atoms with Crippen LogP contribution in [0.2, 0.25) is 0 Å². The van der Waals surface area contributed by atoms with E-state index in [9.17, 15) is 0 Å². The fourth-order valence-corrected chi connectivity index (χ4v) is 7.33. The molecule has 5 nitrogen and oxygen atoms in total. The fraction of sp³-hybridized carbons (Fsp3) is 1.00. The average Bonchev–Trinajstić information content (AvgIpc) is 2.86. The number of ether oxygens (including phenoxy) is 5. The summed E-state index contributed by atoms with van der Waals surface area (Å²) in [6, 6.07) is 0. The number of hydrogen-bond acceptors (Lipinski definition) is 5. The molecule has 0 saturated carbocycles. The molecule has 0 radical (unpaired) electrons. The topological polar surface area (TPSA) is 46.2 Å². The summed E-state index contributed by atoms with van der Waals surface area (Å²) >= 11 is 0. The largest absolute Gasteiger partial charge is 0.375 e. The first kappa shape index (κ1) is 30.3. The van der Waals surface area contributed by atoms with Gasteiger partial charge in [0.2, 0.25) is 0 Å². The van der Waals surface area contributed by atoms with E-state index in [0.717, 1.165) is 19.3 Å². The summed E-state index contributed by atoms with van der Waals surface area (Å²) in [5, 5.41) is 0. The molecule has 3 saturated heterocycles. The van der Waals surface area contributed by atoms with Gasteiger partial charge in [0.15, 0.2) is 0 Å². The lowest BCUT2D eigenvalue weighted by Crippen LogP contribution is -2.54. The molecule has 3 aliphatic rings. The van der Waals surface area contributed by atoms with Gasteiger partial charge >= 0.3 is 0 Å². The summed E-state index contributed by atoms with van der Waals surface area (Å²) < 4.78 is 32.8. The minimum absolute atomic E-state index is 0.0294. The van der Waals surface area contributed by atoms with Crippen LogP contribution in [0.15, 0.2) is 0 Å². The van der Waals surface area contributed by atoms with Gasteiger partial charge in [0.25, 0.3) is 0 Å². The first-order valence-corrected chi connectivity index (χ1v) is 15.2. The maximum atomic E-state index is 6.75. The highest BCUT2D eigenvalue weighted by Crippen LogP contribution is 2.39. The summed E-state index contributed by atoms with van der Waals surface area (Å²) in [6.07, 6.45) is 4.49. The van der Waals surface area contributed by atoms with Crippen LogP contribution in [-0.2, 0) is 23.7 Å². The second kappa shape index (κ2) is 13.2. The van der Waals surface area contributed by atoms with Gasteiger partial charge in [-0.25, -0.2) is 0 Å². The molecule has 3 rings (SSSR count). The lowest BCUT2D eigenvalue weighted by molar-refractivity contribution is -0.233. The predicted molar refractivity (Wildman–Crippen MR) is 146 cm³/mol. The highest BCUT2D eigenvalue weighted by molar-refractivity contribution is 4.92. The van der Waals surface area contributed by atoms with Crippen molar-refractivity contribution in [3.05, 3.63) is 0 Å². The van der Waals surface area contributed by atoms with Gasteiger partial charge in [-0.15, -0.1) is 0 Å². The Hall–Kier alpha value is -0.200. The summed E-state index contributed by atoms with van der Waals surface area (Å²) in [5.41, 5.74) is 0. The summed E-state index contributed by atoms with van der Waals surface area (Å²) in [7, 11) is 0. The Balaban J connectivity index is 1.63. The molecule has 3 heterocycles. The van der Waals surface area contributed by atoms with Crippen LogP contribution in [0.5, 0.6) is 0 Å². The van der Waals surface area contributed by atoms with E-state index in [-0.39, 0.29) is 42.5 Å². The first-order valence-electron chi connectivity index (χ1n) is 15.2. The molecule has 0 bridgehead atoms. The van der Waals surface area contributed by atoms with Crippen LogP contribution >= 0.6 is 0 Å². The molecule has 0 spiro atoms. The lowest BCUT2D eigenvalue weighted by Gasteiger charge is -2.48. The monoisotopic (exact) mass is 510 g/mol. The van der Waals surface area contributed by atoms with E-state index in [1.54, 1.807) is 0 Å². The molecule has 15 atom stereocenters. The molecule has 0 N–H and O–H groups in total. The Kier molecular flexibility index (Phi) is 11.2. The van der Waals surface area contributed by atoms with E-state index < -0.39 is 0 Å². The minimum atomic E-state index is 0.0294. The van der Waals surface area contributed by atoms with Crippen LogP contribution in [0.25, 0.3) is 0 Å². The van der Waals surface area contributed by atoms with Crippen LogP contribution < -0.4 is 0 Å². The van der Waals surface area contributed by atoms with Gasteiger partial charge < -0.3 is 23.7 Å². The van der Waals surface area contributed by atoms with E-state index in [0.29, 0.717) is 60.9 Å². The van der Waals surface area contributed by atoms with Gasteiger partial charge in [-0.05, 0) is 55.8 Å². The van der Waals surface area contributed by atoms with Crippen molar-refractivity contribution in [2.75, 3.05) is 13.2 Å². The summed E-state index contributed by atoms with van der Waals surface area (Å²) in [6.45, 7) is 26.4. The van der Waals surface area contributed by atoms with Gasteiger partial charge in [-0.3, -0.25) is 0 Å². The minimum Gasteiger partial charge on any atom is -0.375 e. The van der Waals surface area contributed by atoms with Crippen LogP contribution in [0.1, 0.15) is 95.4 Å². The van der Waals surface area contributed by atoms with E-state index in [2.05, 4.69) is 76.2 Å². The van der Waals surface area contributed by atoms with Crippen molar-refractivity contribution >= 4 is 0 Å². The molecule has 212 valence electrons. The van der Waals surface area contributed by atoms with Crippen molar-refractivity contribution in [1.29, 1.82) is 0 Å². The third-order valence-corrected chi connectivity index (χ3v) is 10.6. The maximum absolute atomic E-state index is 6.75. The van der Waals surface area contributed by atoms with Gasteiger partial charge in [0.05, 0.1) is 62.0 Å². The molecule has 0 aromatic heterocycles. The molecule has 0 aliphatic carbocycles. The average molecular weight is 511 g/mol. The molecular formula is C31H58O5. The highest BCUT2D eigenvalue weighted by Gasteiger charge is 2.45. The second-order valence-electron chi connectivity index (χ2n) is 12.6. The molecule has 3 fully saturated rings. The molecule has 6 unspecified atom stereocenters. The predicted octanol–water partition coefficient (Wildman–Crippen LogP) is 6.76. The highest BCUT2D eigenvalue weighted by atomic mass is 16.6. The summed E-state index contributed by atoms with van der Waals surface area (Å²) in [5.74, 6) is 3.30. The zero-order chi connectivity index (χ0) is 26.7. The van der Waals surface area contributed by atoms with Crippen LogP contribution in [0, 0.1) is 41.4 Å². The normalized spacial score (nSPS) is 50.2. The Labute approximate surface area is 222 Å². The Morgan fingerprint density at radius 1 is 0.417 bits per heavy atom. The van der Waals surface area contributed by atoms with E-state index in [1.807, 2.05) is 0 Å². The van der Waals surface area contributed by atoms with Gasteiger partial charge in [0.1, 0.15) is 0 Å². The molecule has 3 aliphatic heterocycles. The maximum Gasteiger partial charge on any atom is 0.0864 e. The fourth-order valence-electron chi connectivity index (χ4n) is 7.33. The van der Waals surface area contributed by atoms with Gasteiger partial charge in [0, 0.05) is 11.8 Å². The molecular weight excluding hydrogens is 452 g/mol. The smallest absolute Gasteiger partial charge is 0.0864 e. The van der Waals surface area contributed by atoms with E-state index in [4.69, 9.17) is 23.7 Å². The molecule has 36 heavy (non-hydrogen) atoms. The van der Waals surface area contributed by atoms with Crippen molar-refractivity contribution in [3.8, 4) is 0 Å². The van der Waals surface area contributed by atoms with Gasteiger partial charge in [-0.1, -0.05) is 69.2 Å². The Morgan fingerprint density at radius 3 is 1.36 bits per heavy atom. The number of hydrogen-bond donors (Lipinski definition) is 0. The summed E-state index contributed by atoms with van der Waals surface area (Å²) in [4.78, 5) is 0. The third kappa shape index (κ3) is 6.33. The second-order valence-corrected chi connectivity index (χ2v) is 12.6. The van der Waals surface area contributed by atoms with Crippen LogP contribution in [0.3, 0.4) is 0 Å². The Bertz CT molecular complexity index is 655. The van der Waals surface area contributed by atoms with Crippen molar-refractivity contribution in [2.24, 2.45) is 41.4 Å². The number of rotatable bonds is 9. The van der Waals surface area contributed by atoms with Crippen LogP contribution in [0.4, 0.5) is 0 Å². The zero-order valence-electron chi connectivity index (χ0n) is 25.2. The van der Waals surface area contributed by atoms with Crippen LogP contribution in [-0.4, -0.2) is 62.0 Å². The van der Waals surface area contributed by atoms with Gasteiger partial charge in [-0.2, -0.15) is 0 Å². The first-order chi connectivity index (χ1) is 17.0. The molecule has 0 aromatic carbocycles. The van der Waals surface area contributed by atoms with Crippen molar-refractivity contribution < 1.29 is 23.7 Å². The van der Waals surface area contributed by atoms with E-state index in [1.165, 1.54) is 0 Å². The lowest BCUT2D eigenvalue weighted by atomic mass is 9.76. The SMILES string of the molecule is CCC1OC(C)[C@H](OC[C@@H]2OC(CC)[C@H](C)[C@H](OC[C@@H]3OC(CC)[C@H](C)[C@H](C)C3C)C2C)[C@@H](C)[C@H]1C. The van der Waals surface area contributed by atoms with E-state index >= 15 is 0 Å². The standard InChI is InChI=1S/C31H58O5/c1-12-25-20(7)21(8)31(24(11)34-25)33-16-29-23(10)30(22(9)27(14-3)36-29)32-15-28-19(6)17(4)18(5)26(13-2)35-28/h17-31H,12-16H2,1-11H3/t17-,18+,19?,20+,21-,22-,23?,24?,25?,26?,27?,28-,29-,30-,31+/m0/s1.